The largest absolute Gasteiger partial charge is 0.378 e. The maximum absolute atomic E-state index is 12.0. The number of thiazole rings is 1. The van der Waals surface area contributed by atoms with E-state index in [9.17, 15) is 4.79 Å². The first-order valence-corrected chi connectivity index (χ1v) is 8.94. The van der Waals surface area contributed by atoms with Crippen LogP contribution in [0.15, 0.2) is 16.4 Å². The number of hydrogen-bond acceptors (Lipinski definition) is 7. The molecule has 0 aromatic carbocycles. The topological polar surface area (TPSA) is 79.2 Å². The van der Waals surface area contributed by atoms with Crippen molar-refractivity contribution in [2.45, 2.75) is 37.9 Å². The summed E-state index contributed by atoms with van der Waals surface area (Å²) in [6, 6.07) is 0. The van der Waals surface area contributed by atoms with Crippen molar-refractivity contribution in [2.75, 3.05) is 31.2 Å². The Morgan fingerprint density at radius 1 is 1.42 bits per heavy atom. The van der Waals surface area contributed by atoms with E-state index in [1.807, 2.05) is 6.20 Å². The van der Waals surface area contributed by atoms with E-state index >= 15 is 0 Å². The predicted molar refractivity (Wildman–Crippen MR) is 91.9 cm³/mol. The van der Waals surface area contributed by atoms with E-state index in [2.05, 4.69) is 31.3 Å². The van der Waals surface area contributed by atoms with E-state index in [0.29, 0.717) is 25.8 Å². The zero-order valence-electron chi connectivity index (χ0n) is 13.5. The van der Waals surface area contributed by atoms with Gasteiger partial charge < -0.3 is 15.0 Å². The fraction of sp³-hybridized carbons (Fsp3) is 0.625. The van der Waals surface area contributed by atoms with Gasteiger partial charge in [-0.15, -0.1) is 23.7 Å². The van der Waals surface area contributed by atoms with Crippen LogP contribution < -0.4 is 10.2 Å². The number of ether oxygens (including phenoxy) is 1. The van der Waals surface area contributed by atoms with Gasteiger partial charge in [-0.05, 0) is 0 Å². The minimum Gasteiger partial charge on any atom is -0.378 e. The van der Waals surface area contributed by atoms with Crippen molar-refractivity contribution in [3.63, 3.8) is 0 Å². The summed E-state index contributed by atoms with van der Waals surface area (Å²) >= 11 is 1.61. The molecule has 0 unspecified atom stereocenters. The van der Waals surface area contributed by atoms with Crippen LogP contribution in [0.1, 0.15) is 30.6 Å². The fourth-order valence-corrected chi connectivity index (χ4v) is 3.44. The molecule has 2 aliphatic heterocycles. The van der Waals surface area contributed by atoms with Crippen molar-refractivity contribution >= 4 is 22.4 Å². The molecule has 1 aromatic rings. The Kier molecular flexibility index (Phi) is 5.43. The summed E-state index contributed by atoms with van der Waals surface area (Å²) < 4.78 is 5.34. The molecule has 1 N–H and O–H groups in total. The zero-order chi connectivity index (χ0) is 16.8. The average molecular weight is 347 g/mol. The van der Waals surface area contributed by atoms with Gasteiger partial charge >= 0.3 is 0 Å². The minimum absolute atomic E-state index is 0.00806. The number of nitrogens with zero attached hydrogens (tertiary/aromatic N) is 4. The predicted octanol–water partition coefficient (Wildman–Crippen LogP) is 1.95. The second-order valence-corrected chi connectivity index (χ2v) is 6.97. The standard InChI is InChI=1S/C16H21N5O2S/c1-2-3-5-16(19-20-16)6-4-14(22)17-11-13-12-18-15(24-13)21-7-9-23-10-8-21/h1,12H,3-11H2,(H,17,22). The maximum atomic E-state index is 12.0. The Hall–Kier alpha value is -1.98. The highest BCUT2D eigenvalue weighted by Gasteiger charge is 2.39. The first-order chi connectivity index (χ1) is 11.7. The zero-order valence-corrected chi connectivity index (χ0v) is 14.3. The van der Waals surface area contributed by atoms with E-state index in [0.717, 1.165) is 42.7 Å². The molecule has 1 saturated heterocycles. The molecule has 3 rings (SSSR count). The van der Waals surface area contributed by atoms with Gasteiger partial charge in [-0.3, -0.25) is 4.79 Å². The van der Waals surface area contributed by atoms with Gasteiger partial charge in [0.15, 0.2) is 10.8 Å². The SMILES string of the molecule is C#CCCC1(CCC(=O)NCc2cnc(N3CCOCC3)s2)N=N1. The fourth-order valence-electron chi connectivity index (χ4n) is 2.54. The molecule has 1 aromatic heterocycles. The second-order valence-electron chi connectivity index (χ2n) is 5.87. The van der Waals surface area contributed by atoms with Crippen LogP contribution in [0.3, 0.4) is 0 Å². The first-order valence-electron chi connectivity index (χ1n) is 8.12. The third-order valence-electron chi connectivity index (χ3n) is 4.09. The molecular formula is C16H21N5O2S. The smallest absolute Gasteiger partial charge is 0.220 e. The number of anilines is 1. The van der Waals surface area contributed by atoms with Crippen molar-refractivity contribution < 1.29 is 9.53 Å². The lowest BCUT2D eigenvalue weighted by atomic mass is 10.0. The number of hydrogen-bond donors (Lipinski definition) is 1. The second kappa shape index (κ2) is 7.73. The summed E-state index contributed by atoms with van der Waals surface area (Å²) in [5, 5.41) is 12.0. The number of terminal acetylenes is 1. The molecule has 2 aliphatic rings. The van der Waals surface area contributed by atoms with Crippen molar-refractivity contribution in [1.29, 1.82) is 0 Å². The van der Waals surface area contributed by atoms with Crippen LogP contribution >= 0.6 is 11.3 Å². The molecule has 1 amide bonds. The number of carbonyl (C=O) groups excluding carboxylic acids is 1. The average Bonchev–Trinajstić information content (AvgIpc) is 3.23. The van der Waals surface area contributed by atoms with Crippen molar-refractivity contribution in [3.05, 3.63) is 11.1 Å². The maximum Gasteiger partial charge on any atom is 0.220 e. The number of nitrogens with one attached hydrogen (secondary N) is 1. The van der Waals surface area contributed by atoms with Gasteiger partial charge in [-0.25, -0.2) is 4.98 Å². The van der Waals surface area contributed by atoms with E-state index in [4.69, 9.17) is 11.2 Å². The normalized spacial score (nSPS) is 18.2. The Balaban J connectivity index is 1.39. The molecule has 0 atom stereocenters. The Bertz CT molecular complexity index is 639. The lowest BCUT2D eigenvalue weighted by Crippen LogP contribution is -2.36. The van der Waals surface area contributed by atoms with Gasteiger partial charge in [0, 0.05) is 49.8 Å². The summed E-state index contributed by atoms with van der Waals surface area (Å²) in [5.41, 5.74) is -0.391. The number of amides is 1. The minimum atomic E-state index is -0.391. The van der Waals surface area contributed by atoms with Crippen LogP contribution in [0.4, 0.5) is 5.13 Å². The number of carbonyl (C=O) groups is 1. The Morgan fingerprint density at radius 3 is 2.92 bits per heavy atom. The van der Waals surface area contributed by atoms with Crippen molar-refractivity contribution in [3.8, 4) is 12.3 Å². The molecule has 0 saturated carbocycles. The van der Waals surface area contributed by atoms with E-state index in [1.54, 1.807) is 11.3 Å². The summed E-state index contributed by atoms with van der Waals surface area (Å²) in [6.07, 6.45) is 9.49. The Labute approximate surface area is 145 Å². The third kappa shape index (κ3) is 4.52. The molecule has 0 spiro atoms. The van der Waals surface area contributed by atoms with Gasteiger partial charge in [-0.1, -0.05) is 0 Å². The monoisotopic (exact) mass is 347 g/mol. The van der Waals surface area contributed by atoms with Gasteiger partial charge in [0.25, 0.3) is 0 Å². The van der Waals surface area contributed by atoms with Gasteiger partial charge in [0.2, 0.25) is 5.91 Å². The molecule has 0 bridgehead atoms. The van der Waals surface area contributed by atoms with Crippen LogP contribution in [-0.2, 0) is 16.1 Å². The number of morpholine rings is 1. The number of aromatic nitrogens is 1. The quantitative estimate of drug-likeness (QED) is 0.729. The number of rotatable bonds is 8. The molecular weight excluding hydrogens is 326 g/mol. The van der Waals surface area contributed by atoms with Crippen molar-refractivity contribution in [1.82, 2.24) is 10.3 Å². The highest BCUT2D eigenvalue weighted by Crippen LogP contribution is 2.37. The van der Waals surface area contributed by atoms with Crippen LogP contribution in [0.5, 0.6) is 0 Å². The lowest BCUT2D eigenvalue weighted by molar-refractivity contribution is -0.121. The van der Waals surface area contributed by atoms with Gasteiger partial charge in [0.1, 0.15) is 0 Å². The summed E-state index contributed by atoms with van der Waals surface area (Å²) in [6.45, 7) is 3.72. The lowest BCUT2D eigenvalue weighted by Gasteiger charge is -2.25. The van der Waals surface area contributed by atoms with Crippen molar-refractivity contribution in [2.24, 2.45) is 10.2 Å². The first kappa shape index (κ1) is 16.9. The molecule has 24 heavy (non-hydrogen) atoms. The van der Waals surface area contributed by atoms with Crippen LogP contribution in [0.25, 0.3) is 0 Å². The van der Waals surface area contributed by atoms with E-state index < -0.39 is 5.66 Å². The molecule has 8 heteroatoms. The van der Waals surface area contributed by atoms with Crippen LogP contribution in [-0.4, -0.2) is 42.9 Å². The summed E-state index contributed by atoms with van der Waals surface area (Å²) in [7, 11) is 0. The van der Waals surface area contributed by atoms with E-state index in [1.165, 1.54) is 0 Å². The molecule has 128 valence electrons. The molecule has 1 fully saturated rings. The van der Waals surface area contributed by atoms with E-state index in [-0.39, 0.29) is 5.91 Å². The molecule has 0 radical (unpaired) electrons. The van der Waals surface area contributed by atoms with Crippen LogP contribution in [0, 0.1) is 12.3 Å². The molecule has 0 aliphatic carbocycles. The van der Waals surface area contributed by atoms with Gasteiger partial charge in [0.05, 0.1) is 19.8 Å². The summed E-state index contributed by atoms with van der Waals surface area (Å²) in [5.74, 6) is 2.60. The molecule has 3 heterocycles. The molecule has 7 nitrogen and oxygen atoms in total. The van der Waals surface area contributed by atoms with Crippen LogP contribution in [0.2, 0.25) is 0 Å². The highest BCUT2D eigenvalue weighted by atomic mass is 32.1. The summed E-state index contributed by atoms with van der Waals surface area (Å²) in [4.78, 5) is 19.7. The van der Waals surface area contributed by atoms with Gasteiger partial charge in [-0.2, -0.15) is 10.2 Å². The highest BCUT2D eigenvalue weighted by molar-refractivity contribution is 7.15. The third-order valence-corrected chi connectivity index (χ3v) is 5.15. The Morgan fingerprint density at radius 2 is 2.21 bits per heavy atom.